The molecule has 0 aromatic carbocycles. The first-order valence-corrected chi connectivity index (χ1v) is 5.79. The maximum Gasteiger partial charge on any atom is 0.0538 e. The first kappa shape index (κ1) is 12.0. The second-order valence-corrected chi connectivity index (χ2v) is 4.14. The Morgan fingerprint density at radius 1 is 1.57 bits per heavy atom. The van der Waals surface area contributed by atoms with Gasteiger partial charge in [0.2, 0.25) is 0 Å². The molecule has 1 aliphatic rings. The number of aliphatic hydroxyl groups excluding tert-OH is 1. The van der Waals surface area contributed by atoms with Crippen LogP contribution in [0.4, 0.5) is 0 Å². The summed E-state index contributed by atoms with van der Waals surface area (Å²) in [5, 5.41) is 12.7. The number of nitrogens with one attached hydrogen (secondary N) is 1. The van der Waals surface area contributed by atoms with Crippen LogP contribution in [0.15, 0.2) is 0 Å². The summed E-state index contributed by atoms with van der Waals surface area (Å²) in [6, 6.07) is 0. The molecule has 1 fully saturated rings. The molecule has 2 atom stereocenters. The minimum absolute atomic E-state index is 0.105. The van der Waals surface area contributed by atoms with Crippen LogP contribution in [0.3, 0.4) is 0 Å². The van der Waals surface area contributed by atoms with Gasteiger partial charge in [-0.1, -0.05) is 6.92 Å². The normalized spacial score (nSPS) is 24.0. The molecule has 1 heterocycles. The minimum atomic E-state index is -0.105. The van der Waals surface area contributed by atoms with Gasteiger partial charge >= 0.3 is 0 Å². The van der Waals surface area contributed by atoms with Crippen molar-refractivity contribution in [2.24, 2.45) is 5.92 Å². The molecule has 0 bridgehead atoms. The predicted octanol–water partition coefficient (Wildman–Crippen LogP) is 1.16. The third-order valence-electron chi connectivity index (χ3n) is 2.82. The molecule has 14 heavy (non-hydrogen) atoms. The maximum absolute atomic E-state index is 9.32. The molecule has 0 radical (unpaired) electrons. The summed E-state index contributed by atoms with van der Waals surface area (Å²) in [5.41, 5.74) is 0. The Hall–Kier alpha value is -0.120. The Morgan fingerprint density at radius 3 is 3.07 bits per heavy atom. The van der Waals surface area contributed by atoms with Gasteiger partial charge in [-0.05, 0) is 38.1 Å². The SMILES string of the molecule is CCC(O)CCCNCC1CCOC1. The zero-order chi connectivity index (χ0) is 10.2. The summed E-state index contributed by atoms with van der Waals surface area (Å²) in [6.45, 7) is 5.97. The highest BCUT2D eigenvalue weighted by atomic mass is 16.5. The second-order valence-electron chi connectivity index (χ2n) is 4.14. The Kier molecular flexibility index (Phi) is 6.15. The lowest BCUT2D eigenvalue weighted by molar-refractivity contribution is 0.157. The van der Waals surface area contributed by atoms with Crippen LogP contribution in [-0.4, -0.2) is 37.5 Å². The van der Waals surface area contributed by atoms with Crippen LogP contribution in [0, 0.1) is 5.92 Å². The number of rotatable bonds is 7. The smallest absolute Gasteiger partial charge is 0.0538 e. The molecule has 84 valence electrons. The molecule has 2 N–H and O–H groups in total. The third kappa shape index (κ3) is 4.94. The Bertz CT molecular complexity index is 135. The van der Waals surface area contributed by atoms with Crippen LogP contribution in [-0.2, 0) is 4.74 Å². The van der Waals surface area contributed by atoms with Gasteiger partial charge in [-0.25, -0.2) is 0 Å². The summed E-state index contributed by atoms with van der Waals surface area (Å²) < 4.78 is 5.29. The molecule has 0 aromatic heterocycles. The molecule has 1 rings (SSSR count). The fourth-order valence-electron chi connectivity index (χ4n) is 1.72. The van der Waals surface area contributed by atoms with E-state index in [4.69, 9.17) is 4.74 Å². The summed E-state index contributed by atoms with van der Waals surface area (Å²) in [6.07, 6.45) is 3.96. The van der Waals surface area contributed by atoms with Gasteiger partial charge in [0.05, 0.1) is 12.7 Å². The highest BCUT2D eigenvalue weighted by Gasteiger charge is 2.14. The molecule has 0 saturated carbocycles. The molecule has 1 saturated heterocycles. The third-order valence-corrected chi connectivity index (χ3v) is 2.82. The highest BCUT2D eigenvalue weighted by Crippen LogP contribution is 2.10. The Balaban J connectivity index is 1.84. The van der Waals surface area contributed by atoms with Crippen molar-refractivity contribution in [1.29, 1.82) is 0 Å². The molecule has 0 aliphatic carbocycles. The molecule has 0 amide bonds. The maximum atomic E-state index is 9.32. The van der Waals surface area contributed by atoms with Gasteiger partial charge in [-0.15, -0.1) is 0 Å². The largest absolute Gasteiger partial charge is 0.393 e. The summed E-state index contributed by atoms with van der Waals surface area (Å²) in [4.78, 5) is 0. The molecular weight excluding hydrogens is 178 g/mol. The lowest BCUT2D eigenvalue weighted by Gasteiger charge is -2.10. The highest BCUT2D eigenvalue weighted by molar-refractivity contribution is 4.66. The van der Waals surface area contributed by atoms with Crippen molar-refractivity contribution in [3.63, 3.8) is 0 Å². The van der Waals surface area contributed by atoms with Gasteiger partial charge in [0.25, 0.3) is 0 Å². The molecule has 3 nitrogen and oxygen atoms in total. The molecule has 1 aliphatic heterocycles. The standard InChI is InChI=1S/C11H23NO2/c1-2-11(13)4-3-6-12-8-10-5-7-14-9-10/h10-13H,2-9H2,1H3. The van der Waals surface area contributed by atoms with E-state index in [0.29, 0.717) is 5.92 Å². The monoisotopic (exact) mass is 201 g/mol. The number of aliphatic hydroxyl groups is 1. The predicted molar refractivity (Wildman–Crippen MR) is 57.3 cm³/mol. The van der Waals surface area contributed by atoms with Crippen molar-refractivity contribution < 1.29 is 9.84 Å². The zero-order valence-corrected chi connectivity index (χ0v) is 9.17. The summed E-state index contributed by atoms with van der Waals surface area (Å²) in [7, 11) is 0. The minimum Gasteiger partial charge on any atom is -0.393 e. The van der Waals surface area contributed by atoms with Gasteiger partial charge < -0.3 is 15.2 Å². The van der Waals surface area contributed by atoms with E-state index in [2.05, 4.69) is 5.32 Å². The average molecular weight is 201 g/mol. The van der Waals surface area contributed by atoms with Crippen LogP contribution in [0.5, 0.6) is 0 Å². The molecule has 0 spiro atoms. The van der Waals surface area contributed by atoms with Gasteiger partial charge in [0.15, 0.2) is 0 Å². The fourth-order valence-corrected chi connectivity index (χ4v) is 1.72. The van der Waals surface area contributed by atoms with Gasteiger partial charge in [0.1, 0.15) is 0 Å². The van der Waals surface area contributed by atoms with Crippen LogP contribution in [0.25, 0.3) is 0 Å². The van der Waals surface area contributed by atoms with Crippen LogP contribution < -0.4 is 5.32 Å². The van der Waals surface area contributed by atoms with Crippen molar-refractivity contribution >= 4 is 0 Å². The van der Waals surface area contributed by atoms with Gasteiger partial charge in [-0.3, -0.25) is 0 Å². The quantitative estimate of drug-likeness (QED) is 0.607. The van der Waals surface area contributed by atoms with Crippen molar-refractivity contribution in [3.8, 4) is 0 Å². The van der Waals surface area contributed by atoms with Crippen molar-refractivity contribution in [3.05, 3.63) is 0 Å². The number of hydrogen-bond acceptors (Lipinski definition) is 3. The average Bonchev–Trinajstić information content (AvgIpc) is 2.69. The first-order chi connectivity index (χ1) is 6.83. The van der Waals surface area contributed by atoms with Crippen molar-refractivity contribution in [2.75, 3.05) is 26.3 Å². The fraction of sp³-hybridized carbons (Fsp3) is 1.00. The van der Waals surface area contributed by atoms with Crippen LogP contribution in [0.2, 0.25) is 0 Å². The van der Waals surface area contributed by atoms with E-state index < -0.39 is 0 Å². The van der Waals surface area contributed by atoms with Crippen LogP contribution >= 0.6 is 0 Å². The van der Waals surface area contributed by atoms with E-state index in [1.165, 1.54) is 6.42 Å². The molecular formula is C11H23NO2. The van der Waals surface area contributed by atoms with E-state index in [-0.39, 0.29) is 6.10 Å². The summed E-state index contributed by atoms with van der Waals surface area (Å²) in [5.74, 6) is 0.714. The number of hydrogen-bond donors (Lipinski definition) is 2. The van der Waals surface area contributed by atoms with E-state index in [1.807, 2.05) is 6.92 Å². The molecule has 2 unspecified atom stereocenters. The van der Waals surface area contributed by atoms with E-state index >= 15 is 0 Å². The van der Waals surface area contributed by atoms with Crippen molar-refractivity contribution in [1.82, 2.24) is 5.32 Å². The van der Waals surface area contributed by atoms with E-state index in [0.717, 1.165) is 45.6 Å². The van der Waals surface area contributed by atoms with Gasteiger partial charge in [-0.2, -0.15) is 0 Å². The second kappa shape index (κ2) is 7.21. The van der Waals surface area contributed by atoms with Gasteiger partial charge in [0, 0.05) is 13.2 Å². The molecule has 3 heteroatoms. The molecule has 0 aromatic rings. The van der Waals surface area contributed by atoms with Crippen molar-refractivity contribution in [2.45, 2.75) is 38.7 Å². The first-order valence-electron chi connectivity index (χ1n) is 5.79. The summed E-state index contributed by atoms with van der Waals surface area (Å²) >= 11 is 0. The topological polar surface area (TPSA) is 41.5 Å². The lowest BCUT2D eigenvalue weighted by atomic mass is 10.1. The van der Waals surface area contributed by atoms with E-state index in [9.17, 15) is 5.11 Å². The Labute approximate surface area is 86.8 Å². The lowest BCUT2D eigenvalue weighted by Crippen LogP contribution is -2.24. The van der Waals surface area contributed by atoms with Crippen LogP contribution in [0.1, 0.15) is 32.6 Å². The number of ether oxygens (including phenoxy) is 1. The zero-order valence-electron chi connectivity index (χ0n) is 9.17. The van der Waals surface area contributed by atoms with E-state index in [1.54, 1.807) is 0 Å². The Morgan fingerprint density at radius 2 is 2.43 bits per heavy atom.